The second-order valence-corrected chi connectivity index (χ2v) is 26.0. The summed E-state index contributed by atoms with van der Waals surface area (Å²) < 4.78 is 6.12. The van der Waals surface area contributed by atoms with Gasteiger partial charge in [0.2, 0.25) is 65.0 Å². The van der Waals surface area contributed by atoms with Gasteiger partial charge in [0.25, 0.3) is 0 Å². The lowest BCUT2D eigenvalue weighted by Crippen LogP contribution is -2.62. The zero-order valence-corrected chi connectivity index (χ0v) is 55.3. The minimum atomic E-state index is -1.63. The molecule has 0 radical (unpaired) electrons. The summed E-state index contributed by atoms with van der Waals surface area (Å²) in [6, 6.07) is -3.15. The number of likely N-dealkylation sites (N-methyl/N-ethyl adjacent to an activating group) is 5. The largest absolute Gasteiger partial charge is 0.391 e. The summed E-state index contributed by atoms with van der Waals surface area (Å²) in [6.07, 6.45) is 0.699. The Morgan fingerprint density at radius 2 is 1.10 bits per heavy atom. The molecule has 2 aliphatic heterocycles. The Morgan fingerprint density at radius 1 is 0.609 bits per heavy atom. The molecule has 2 saturated heterocycles. The maximum Gasteiger partial charge on any atom is 0.248 e. The van der Waals surface area contributed by atoms with Crippen LogP contribution in [0.5, 0.6) is 0 Å². The van der Waals surface area contributed by atoms with Crippen LogP contribution in [0, 0.1) is 17.8 Å². The van der Waals surface area contributed by atoms with E-state index in [1.807, 2.05) is 41.5 Å². The van der Waals surface area contributed by atoms with Gasteiger partial charge in [-0.05, 0) is 110 Å². The maximum atomic E-state index is 15.1. The number of amides is 11. The summed E-state index contributed by atoms with van der Waals surface area (Å²) in [5.41, 5.74) is -0.157. The van der Waals surface area contributed by atoms with Crippen molar-refractivity contribution in [3.8, 4) is 0 Å². The van der Waals surface area contributed by atoms with Crippen molar-refractivity contribution < 1.29 is 62.6 Å². The van der Waals surface area contributed by atoms with Crippen molar-refractivity contribution in [1.29, 1.82) is 0 Å². The number of ether oxygens (including phenoxy) is 1. The lowest BCUT2D eigenvalue weighted by atomic mass is 9.98. The van der Waals surface area contributed by atoms with E-state index in [0.29, 0.717) is 37.9 Å². The molecule has 0 aliphatic carbocycles. The number of aliphatic hydroxyl groups excluding tert-OH is 1. The molecule has 490 valence electrons. The van der Waals surface area contributed by atoms with Gasteiger partial charge in [-0.15, -0.1) is 0 Å². The summed E-state index contributed by atoms with van der Waals surface area (Å²) in [5.74, 6) is -8.50. The van der Waals surface area contributed by atoms with Gasteiger partial charge in [0, 0.05) is 61.3 Å². The van der Waals surface area contributed by atoms with Crippen LogP contribution in [0.1, 0.15) is 147 Å². The van der Waals surface area contributed by atoms with Crippen LogP contribution < -0.4 is 21.3 Å². The Labute approximate surface area is 516 Å². The first-order valence-corrected chi connectivity index (χ1v) is 31.0. The third kappa shape index (κ3) is 22.1. The molecule has 0 bridgehead atoms. The molecule has 87 heavy (non-hydrogen) atoms. The fourth-order valence-electron chi connectivity index (χ4n) is 10.7. The summed E-state index contributed by atoms with van der Waals surface area (Å²) in [6.45, 7) is 22.0. The van der Waals surface area contributed by atoms with E-state index in [-0.39, 0.29) is 56.6 Å². The van der Waals surface area contributed by atoms with Crippen molar-refractivity contribution in [2.24, 2.45) is 17.8 Å². The third-order valence-corrected chi connectivity index (χ3v) is 16.0. The van der Waals surface area contributed by atoms with E-state index in [9.17, 15) is 53.1 Å². The van der Waals surface area contributed by atoms with Crippen molar-refractivity contribution in [2.45, 2.75) is 214 Å². The highest BCUT2D eigenvalue weighted by Gasteiger charge is 2.43. The topological polar surface area (TPSA) is 288 Å². The molecule has 11 amide bonds. The first-order valence-electron chi connectivity index (χ1n) is 31.0. The summed E-state index contributed by atoms with van der Waals surface area (Å²) in [4.78, 5) is 170. The molecule has 5 N–H and O–H groups in total. The van der Waals surface area contributed by atoms with E-state index >= 15 is 4.79 Å². The number of piperidine rings is 1. The van der Waals surface area contributed by atoms with Crippen LogP contribution >= 0.6 is 0 Å². The number of aliphatic hydroxyl groups is 1. The van der Waals surface area contributed by atoms with Crippen LogP contribution in [0.25, 0.3) is 0 Å². The van der Waals surface area contributed by atoms with Gasteiger partial charge in [-0.1, -0.05) is 78.8 Å². The predicted octanol–water partition coefficient (Wildman–Crippen LogP) is 2.33. The second kappa shape index (κ2) is 34.2. The Kier molecular flexibility index (Phi) is 29.3. The Hall–Kier alpha value is -6.69. The maximum absolute atomic E-state index is 15.1. The van der Waals surface area contributed by atoms with E-state index < -0.39 is 144 Å². The number of nitrogens with one attached hydrogen (secondary N) is 4. The van der Waals surface area contributed by atoms with Gasteiger partial charge in [-0.2, -0.15) is 0 Å². The molecule has 3 rings (SSSR count). The van der Waals surface area contributed by atoms with Gasteiger partial charge in [-0.3, -0.25) is 52.7 Å². The molecule has 10 atom stereocenters. The van der Waals surface area contributed by atoms with Crippen LogP contribution in [0.2, 0.25) is 0 Å². The molecular formula is C63H105N11O13. The summed E-state index contributed by atoms with van der Waals surface area (Å²) in [7, 11) is 6.99. The normalized spacial score (nSPS) is 25.9. The van der Waals surface area contributed by atoms with Crippen molar-refractivity contribution in [3.05, 3.63) is 35.9 Å². The van der Waals surface area contributed by atoms with E-state index in [1.165, 1.54) is 80.5 Å². The SMILES string of the molecule is CCCN1CC(=O)N(C)[C@@H](CC(C)C)C(=O)N[C@@H](COC(C)(C)C)C(=O)N(C)[C@@H](CC(C)C)C(=O)N[C@H](C(=O)N2CCCCC2)CC(=O)N[C@H](C)C(=O)N(C)[C@@H](C)C(=O)N(C)C(Cc2ccccc2)C(=O)N(C)[C@@H](CC(C)C)C(=O)N[C@@H]([C@@H](C)O)C1=O. The Morgan fingerprint density at radius 3 is 1.61 bits per heavy atom. The van der Waals surface area contributed by atoms with Crippen LogP contribution in [0.3, 0.4) is 0 Å². The lowest BCUT2D eigenvalue weighted by Gasteiger charge is -2.38. The molecule has 2 heterocycles. The van der Waals surface area contributed by atoms with E-state index in [1.54, 1.807) is 62.9 Å². The van der Waals surface area contributed by atoms with Crippen LogP contribution in [0.15, 0.2) is 30.3 Å². The monoisotopic (exact) mass is 1220 g/mol. The third-order valence-electron chi connectivity index (χ3n) is 16.0. The number of hydrogen-bond acceptors (Lipinski definition) is 13. The summed E-state index contributed by atoms with van der Waals surface area (Å²) >= 11 is 0. The number of carbonyl (C=O) groups excluding carboxylic acids is 11. The molecule has 24 heteroatoms. The van der Waals surface area contributed by atoms with Gasteiger partial charge < -0.3 is 65.4 Å². The highest BCUT2D eigenvalue weighted by molar-refractivity contribution is 5.99. The number of nitrogens with zero attached hydrogens (tertiary/aromatic N) is 7. The Bertz CT molecular complexity index is 2520. The average Bonchev–Trinajstić information content (AvgIpc) is 3.49. The van der Waals surface area contributed by atoms with Crippen molar-refractivity contribution in [1.82, 2.24) is 55.6 Å². The van der Waals surface area contributed by atoms with Gasteiger partial charge in [-0.25, -0.2) is 0 Å². The highest BCUT2D eigenvalue weighted by Crippen LogP contribution is 2.22. The molecule has 1 aromatic rings. The quantitative estimate of drug-likeness (QED) is 0.179. The van der Waals surface area contributed by atoms with Gasteiger partial charge in [0.1, 0.15) is 54.4 Å². The number of hydrogen-bond donors (Lipinski definition) is 5. The molecule has 1 unspecified atom stereocenters. The van der Waals surface area contributed by atoms with E-state index in [2.05, 4.69) is 21.3 Å². The number of benzene rings is 1. The Balaban J connectivity index is 2.32. The molecule has 1 aromatic carbocycles. The fraction of sp³-hybridized carbons (Fsp3) is 0.730. The zero-order valence-electron chi connectivity index (χ0n) is 55.3. The lowest BCUT2D eigenvalue weighted by molar-refractivity contribution is -0.152. The summed E-state index contributed by atoms with van der Waals surface area (Å²) in [5, 5.41) is 22.2. The van der Waals surface area contributed by atoms with Crippen molar-refractivity contribution in [3.63, 3.8) is 0 Å². The van der Waals surface area contributed by atoms with E-state index in [0.717, 1.165) is 11.3 Å². The predicted molar refractivity (Wildman–Crippen MR) is 330 cm³/mol. The van der Waals surface area contributed by atoms with Gasteiger partial charge in [0.15, 0.2) is 0 Å². The molecule has 2 aliphatic rings. The fourth-order valence-corrected chi connectivity index (χ4v) is 10.7. The van der Waals surface area contributed by atoms with Crippen LogP contribution in [-0.2, 0) is 63.9 Å². The number of carbonyl (C=O) groups is 11. The molecule has 0 spiro atoms. The van der Waals surface area contributed by atoms with E-state index in [4.69, 9.17) is 4.74 Å². The van der Waals surface area contributed by atoms with Crippen LogP contribution in [-0.4, -0.2) is 238 Å². The van der Waals surface area contributed by atoms with Gasteiger partial charge >= 0.3 is 0 Å². The number of likely N-dealkylation sites (tertiary alicyclic amines) is 1. The smallest absolute Gasteiger partial charge is 0.248 e. The van der Waals surface area contributed by atoms with Crippen LogP contribution in [0.4, 0.5) is 0 Å². The molecule has 2 fully saturated rings. The highest BCUT2D eigenvalue weighted by atomic mass is 16.5. The first kappa shape index (κ1) is 74.6. The van der Waals surface area contributed by atoms with Gasteiger partial charge in [0.05, 0.1) is 31.3 Å². The molecular weight excluding hydrogens is 1120 g/mol. The molecule has 0 saturated carbocycles. The standard InChI is InChI=1S/C63H105N11O13/c1-19-28-74-36-52(77)69(15)47(31-38(2)3)54(78)66-46(37-87-63(11,12)13)59(83)70(16)48(32-39(4)5)55(79)65-45(60(84)73-29-24-21-25-30-73)35-51(76)64-41(8)57(81)68(14)42(9)58(82)72(18)50(34-44-26-22-20-23-27-44)61(85)71(17)49(33-40(6)7)56(80)67-53(43(10)75)62(74)86/h20,22-23,26-27,38-43,45-50,53,75H,19,21,24-25,28-37H2,1-18H3,(H,64,76)(H,65,79)(H,66,78)(H,67,80)/t41-,42+,43-,45+,46+,47+,48+,49+,50?,53+/m1/s1. The molecule has 0 aromatic heterocycles. The minimum absolute atomic E-state index is 0.00976. The number of rotatable bonds is 14. The second-order valence-electron chi connectivity index (χ2n) is 26.0. The first-order chi connectivity index (χ1) is 40.5. The average molecular weight is 1220 g/mol. The minimum Gasteiger partial charge on any atom is -0.391 e. The zero-order chi connectivity index (χ0) is 65.9. The van der Waals surface area contributed by atoms with Crippen molar-refractivity contribution in [2.75, 3.05) is 68.0 Å². The van der Waals surface area contributed by atoms with Crippen molar-refractivity contribution >= 4 is 65.0 Å². The molecule has 24 nitrogen and oxygen atoms in total.